The zero-order valence-electron chi connectivity index (χ0n) is 14.6. The van der Waals surface area contributed by atoms with Crippen LogP contribution in [0.2, 0.25) is 5.02 Å². The van der Waals surface area contributed by atoms with Crippen LogP contribution in [-0.4, -0.2) is 31.6 Å². The molecule has 1 aliphatic rings. The maximum Gasteiger partial charge on any atom is 0.218 e. The molecule has 0 atom stereocenters. The Morgan fingerprint density at radius 1 is 1.28 bits per heavy atom. The van der Waals surface area contributed by atoms with Crippen LogP contribution in [0.5, 0.6) is 5.88 Å². The molecule has 5 nitrogen and oxygen atoms in total. The van der Waals surface area contributed by atoms with E-state index in [-0.39, 0.29) is 5.41 Å². The molecule has 1 heterocycles. The van der Waals surface area contributed by atoms with Crippen LogP contribution in [0.3, 0.4) is 0 Å². The van der Waals surface area contributed by atoms with Crippen LogP contribution >= 0.6 is 11.6 Å². The monoisotopic (exact) mass is 358 g/mol. The fraction of sp³-hybridized carbons (Fsp3) is 0.368. The third-order valence-corrected chi connectivity index (χ3v) is 4.83. The van der Waals surface area contributed by atoms with Gasteiger partial charge in [0.2, 0.25) is 5.88 Å². The summed E-state index contributed by atoms with van der Waals surface area (Å²) in [5.74, 6) is 1.39. The molecule has 2 aromatic rings. The van der Waals surface area contributed by atoms with Gasteiger partial charge in [0.15, 0.2) is 5.96 Å². The van der Waals surface area contributed by atoms with Crippen LogP contribution in [0.4, 0.5) is 0 Å². The number of guanidine groups is 1. The highest BCUT2D eigenvalue weighted by atomic mass is 35.5. The zero-order valence-corrected chi connectivity index (χ0v) is 15.3. The molecule has 0 bridgehead atoms. The molecule has 0 amide bonds. The van der Waals surface area contributed by atoms with Crippen molar-refractivity contribution in [3.05, 3.63) is 58.7 Å². The first-order valence-electron chi connectivity index (χ1n) is 8.35. The van der Waals surface area contributed by atoms with Gasteiger partial charge in [-0.3, -0.25) is 4.99 Å². The molecule has 1 aromatic heterocycles. The van der Waals surface area contributed by atoms with Gasteiger partial charge >= 0.3 is 0 Å². The Morgan fingerprint density at radius 2 is 2.12 bits per heavy atom. The van der Waals surface area contributed by atoms with Crippen molar-refractivity contribution in [2.24, 2.45) is 4.99 Å². The van der Waals surface area contributed by atoms with E-state index in [1.165, 1.54) is 5.56 Å². The summed E-state index contributed by atoms with van der Waals surface area (Å²) in [4.78, 5) is 8.52. The van der Waals surface area contributed by atoms with E-state index in [9.17, 15) is 0 Å². The van der Waals surface area contributed by atoms with Crippen molar-refractivity contribution < 1.29 is 4.74 Å². The Bertz CT molecular complexity index is 759. The molecule has 0 saturated heterocycles. The van der Waals surface area contributed by atoms with Crippen molar-refractivity contribution in [1.29, 1.82) is 0 Å². The third-order valence-electron chi connectivity index (χ3n) is 4.60. The fourth-order valence-electron chi connectivity index (χ4n) is 2.93. The number of nitrogens with one attached hydrogen (secondary N) is 2. The predicted octanol–water partition coefficient (Wildman–Crippen LogP) is 3.14. The number of hydrogen-bond donors (Lipinski definition) is 2. The lowest BCUT2D eigenvalue weighted by atomic mass is 9.96. The highest BCUT2D eigenvalue weighted by Crippen LogP contribution is 2.48. The molecular weight excluding hydrogens is 336 g/mol. The highest BCUT2D eigenvalue weighted by Gasteiger charge is 2.44. The summed E-state index contributed by atoms with van der Waals surface area (Å²) in [6.07, 6.45) is 4.04. The summed E-state index contributed by atoms with van der Waals surface area (Å²) in [6, 6.07) is 12.0. The predicted molar refractivity (Wildman–Crippen MR) is 101 cm³/mol. The number of nitrogens with zero attached hydrogens (tertiary/aromatic N) is 2. The van der Waals surface area contributed by atoms with Gasteiger partial charge in [-0.1, -0.05) is 29.8 Å². The Morgan fingerprint density at radius 3 is 2.80 bits per heavy atom. The van der Waals surface area contributed by atoms with Crippen LogP contribution in [0, 0.1) is 0 Å². The SMILES string of the molecule is CN=C(NCc1cccnc1OC)NCC1(c2cccc(Cl)c2)CC1. The molecule has 0 radical (unpaired) electrons. The molecule has 132 valence electrons. The maximum absolute atomic E-state index is 6.14. The first-order chi connectivity index (χ1) is 12.2. The standard InChI is InChI=1S/C19H23ClN4O/c1-21-18(23-12-14-5-4-10-22-17(14)25-2)24-13-19(8-9-19)15-6-3-7-16(20)11-15/h3-7,10-11H,8-9,12-13H2,1-2H3,(H2,21,23,24). The van der Waals surface area contributed by atoms with Crippen LogP contribution in [-0.2, 0) is 12.0 Å². The number of hydrogen-bond acceptors (Lipinski definition) is 3. The molecule has 2 N–H and O–H groups in total. The number of benzene rings is 1. The molecule has 3 rings (SSSR count). The normalized spacial score (nSPS) is 15.6. The van der Waals surface area contributed by atoms with E-state index in [1.807, 2.05) is 24.3 Å². The lowest BCUT2D eigenvalue weighted by Crippen LogP contribution is -2.41. The van der Waals surface area contributed by atoms with E-state index in [0.717, 1.165) is 35.9 Å². The van der Waals surface area contributed by atoms with Gasteiger partial charge in [-0.2, -0.15) is 0 Å². The van der Waals surface area contributed by atoms with Crippen LogP contribution < -0.4 is 15.4 Å². The van der Waals surface area contributed by atoms with E-state index >= 15 is 0 Å². The molecule has 0 spiro atoms. The second kappa shape index (κ2) is 7.74. The first-order valence-corrected chi connectivity index (χ1v) is 8.73. The van der Waals surface area contributed by atoms with E-state index in [0.29, 0.717) is 12.4 Å². The van der Waals surface area contributed by atoms with Gasteiger partial charge in [0.1, 0.15) is 0 Å². The number of rotatable bonds is 6. The Hall–Kier alpha value is -2.27. The molecule has 0 unspecified atom stereocenters. The summed E-state index contributed by atoms with van der Waals surface area (Å²) in [5.41, 5.74) is 2.44. The van der Waals surface area contributed by atoms with Crippen LogP contribution in [0.25, 0.3) is 0 Å². The molecule has 6 heteroatoms. The van der Waals surface area contributed by atoms with E-state index in [4.69, 9.17) is 16.3 Å². The Kier molecular flexibility index (Phi) is 5.43. The molecular formula is C19H23ClN4O. The minimum atomic E-state index is 0.161. The number of pyridine rings is 1. The highest BCUT2D eigenvalue weighted by molar-refractivity contribution is 6.30. The minimum Gasteiger partial charge on any atom is -0.481 e. The van der Waals surface area contributed by atoms with Gasteiger partial charge in [0, 0.05) is 42.3 Å². The van der Waals surface area contributed by atoms with E-state index < -0.39 is 0 Å². The molecule has 25 heavy (non-hydrogen) atoms. The first kappa shape index (κ1) is 17.5. The summed E-state index contributed by atoms with van der Waals surface area (Å²) in [5, 5.41) is 7.54. The van der Waals surface area contributed by atoms with E-state index in [2.05, 4.69) is 32.7 Å². The van der Waals surface area contributed by atoms with Gasteiger partial charge in [-0.15, -0.1) is 0 Å². The third kappa shape index (κ3) is 4.23. The molecule has 1 aliphatic carbocycles. The summed E-state index contributed by atoms with van der Waals surface area (Å²) < 4.78 is 5.28. The number of aromatic nitrogens is 1. The van der Waals surface area contributed by atoms with Crippen molar-refractivity contribution >= 4 is 17.6 Å². The quantitative estimate of drug-likeness (QED) is 0.615. The van der Waals surface area contributed by atoms with Crippen molar-refractivity contribution in [1.82, 2.24) is 15.6 Å². The van der Waals surface area contributed by atoms with Gasteiger partial charge < -0.3 is 15.4 Å². The van der Waals surface area contributed by atoms with Gasteiger partial charge in [-0.25, -0.2) is 4.98 Å². The maximum atomic E-state index is 6.14. The average Bonchev–Trinajstić information content (AvgIpc) is 3.43. The van der Waals surface area contributed by atoms with Gasteiger partial charge in [0.05, 0.1) is 7.11 Å². The Balaban J connectivity index is 1.58. The number of halogens is 1. The lowest BCUT2D eigenvalue weighted by molar-refractivity contribution is 0.392. The van der Waals surface area contributed by atoms with Gasteiger partial charge in [-0.05, 0) is 36.6 Å². The largest absolute Gasteiger partial charge is 0.481 e. The lowest BCUT2D eigenvalue weighted by Gasteiger charge is -2.19. The van der Waals surface area contributed by atoms with Crippen molar-refractivity contribution in [3.63, 3.8) is 0 Å². The Labute approximate surface area is 153 Å². The average molecular weight is 359 g/mol. The van der Waals surface area contributed by atoms with Crippen LogP contribution in [0.15, 0.2) is 47.6 Å². The van der Waals surface area contributed by atoms with Crippen molar-refractivity contribution in [3.8, 4) is 5.88 Å². The van der Waals surface area contributed by atoms with Crippen molar-refractivity contribution in [2.45, 2.75) is 24.8 Å². The summed E-state index contributed by atoms with van der Waals surface area (Å²) >= 11 is 6.14. The second-order valence-electron chi connectivity index (χ2n) is 6.24. The van der Waals surface area contributed by atoms with Crippen LogP contribution in [0.1, 0.15) is 24.0 Å². The summed E-state index contributed by atoms with van der Waals surface area (Å²) in [7, 11) is 3.40. The minimum absolute atomic E-state index is 0.161. The number of ether oxygens (including phenoxy) is 1. The second-order valence-corrected chi connectivity index (χ2v) is 6.68. The van der Waals surface area contributed by atoms with E-state index in [1.54, 1.807) is 20.4 Å². The summed E-state index contributed by atoms with van der Waals surface area (Å²) in [6.45, 7) is 1.43. The topological polar surface area (TPSA) is 58.5 Å². The van der Waals surface area contributed by atoms with Crippen molar-refractivity contribution in [2.75, 3.05) is 20.7 Å². The number of aliphatic imine (C=N–C) groups is 1. The zero-order chi connectivity index (χ0) is 17.7. The molecule has 1 aromatic carbocycles. The number of methoxy groups -OCH3 is 1. The molecule has 1 fully saturated rings. The smallest absolute Gasteiger partial charge is 0.218 e. The molecule has 0 aliphatic heterocycles. The molecule has 1 saturated carbocycles. The van der Waals surface area contributed by atoms with Gasteiger partial charge in [0.25, 0.3) is 0 Å². The fourth-order valence-corrected chi connectivity index (χ4v) is 3.12.